The fourth-order valence-corrected chi connectivity index (χ4v) is 11.1. The number of rotatable bonds is 6. The van der Waals surface area contributed by atoms with E-state index in [1.165, 1.54) is 40.5 Å². The molecular formula is C29H28P2. The lowest BCUT2D eigenvalue weighted by Crippen LogP contribution is -2.23. The summed E-state index contributed by atoms with van der Waals surface area (Å²) in [4.78, 5) is 0. The molecule has 0 aliphatic heterocycles. The van der Waals surface area contributed by atoms with Crippen LogP contribution in [0.15, 0.2) is 121 Å². The van der Waals surface area contributed by atoms with Crippen LogP contribution in [-0.4, -0.2) is 11.3 Å². The topological polar surface area (TPSA) is 0 Å². The molecule has 2 unspecified atom stereocenters. The molecule has 4 aromatic rings. The Labute approximate surface area is 188 Å². The van der Waals surface area contributed by atoms with Crippen LogP contribution in [0.1, 0.15) is 19.3 Å². The van der Waals surface area contributed by atoms with Gasteiger partial charge in [-0.2, -0.15) is 0 Å². The molecule has 2 atom stereocenters. The molecule has 0 saturated heterocycles. The van der Waals surface area contributed by atoms with Crippen molar-refractivity contribution in [2.24, 2.45) is 0 Å². The normalized spacial score (nSPS) is 18.5. The molecule has 1 fully saturated rings. The third-order valence-electron chi connectivity index (χ3n) is 6.25. The lowest BCUT2D eigenvalue weighted by atomic mass is 10.3. The summed E-state index contributed by atoms with van der Waals surface area (Å²) in [6.07, 6.45) is 3.99. The van der Waals surface area contributed by atoms with E-state index < -0.39 is 0 Å². The van der Waals surface area contributed by atoms with Gasteiger partial charge in [0.15, 0.2) is 0 Å². The Bertz CT molecular complexity index is 897. The molecule has 0 spiro atoms. The number of hydrogen-bond donors (Lipinski definition) is 0. The van der Waals surface area contributed by atoms with Crippen molar-refractivity contribution in [1.82, 2.24) is 0 Å². The van der Waals surface area contributed by atoms with Crippen LogP contribution in [0.5, 0.6) is 0 Å². The van der Waals surface area contributed by atoms with Crippen molar-refractivity contribution < 1.29 is 0 Å². The molecule has 1 saturated carbocycles. The first-order valence-corrected chi connectivity index (χ1v) is 14.0. The van der Waals surface area contributed by atoms with Gasteiger partial charge < -0.3 is 0 Å². The van der Waals surface area contributed by atoms with E-state index in [0.29, 0.717) is 0 Å². The van der Waals surface area contributed by atoms with Gasteiger partial charge in [-0.15, -0.1) is 0 Å². The van der Waals surface area contributed by atoms with Crippen molar-refractivity contribution in [3.05, 3.63) is 121 Å². The highest BCUT2D eigenvalue weighted by Crippen LogP contribution is 2.55. The molecule has 0 aromatic heterocycles. The van der Waals surface area contributed by atoms with Crippen molar-refractivity contribution >= 4 is 37.1 Å². The minimum absolute atomic E-state index is 0.331. The van der Waals surface area contributed by atoms with E-state index in [4.69, 9.17) is 0 Å². The van der Waals surface area contributed by atoms with E-state index in [2.05, 4.69) is 121 Å². The van der Waals surface area contributed by atoms with Gasteiger partial charge in [0.25, 0.3) is 0 Å². The first kappa shape index (κ1) is 20.6. The average molecular weight is 438 g/mol. The van der Waals surface area contributed by atoms with Gasteiger partial charge in [-0.1, -0.05) is 121 Å². The molecule has 0 heterocycles. The highest BCUT2D eigenvalue weighted by atomic mass is 31.1. The maximum atomic E-state index is 2.35. The van der Waals surface area contributed by atoms with Crippen molar-refractivity contribution in [2.75, 3.05) is 0 Å². The summed E-state index contributed by atoms with van der Waals surface area (Å²) in [5.74, 6) is 0. The third kappa shape index (κ3) is 4.67. The van der Waals surface area contributed by atoms with Crippen molar-refractivity contribution in [3.8, 4) is 0 Å². The Hall–Kier alpha value is -2.26. The van der Waals surface area contributed by atoms with E-state index in [0.717, 1.165) is 11.3 Å². The Morgan fingerprint density at radius 3 is 0.903 bits per heavy atom. The lowest BCUT2D eigenvalue weighted by Gasteiger charge is -2.28. The van der Waals surface area contributed by atoms with Gasteiger partial charge in [-0.25, -0.2) is 0 Å². The molecule has 0 amide bonds. The Morgan fingerprint density at radius 1 is 0.387 bits per heavy atom. The summed E-state index contributed by atoms with van der Waals surface area (Å²) < 4.78 is 0. The van der Waals surface area contributed by atoms with Gasteiger partial charge in [0, 0.05) is 0 Å². The average Bonchev–Trinajstić information content (AvgIpc) is 3.31. The van der Waals surface area contributed by atoms with Crippen LogP contribution >= 0.6 is 15.8 Å². The van der Waals surface area contributed by atoms with E-state index >= 15 is 0 Å². The summed E-state index contributed by atoms with van der Waals surface area (Å²) in [5, 5.41) is 6.10. The van der Waals surface area contributed by atoms with Gasteiger partial charge in [-0.3, -0.25) is 0 Å². The second-order valence-electron chi connectivity index (χ2n) is 8.20. The number of hydrogen-bond acceptors (Lipinski definition) is 0. The summed E-state index contributed by atoms with van der Waals surface area (Å²) in [6.45, 7) is 0. The molecular weight excluding hydrogens is 410 g/mol. The standard InChI is InChI=1S/C29H28P2/c1-5-13-24(14-6-1)30(25-15-7-2-8-16-25)28-21-22-29(23-28)31(26-17-9-3-10-18-26)27-19-11-4-12-20-27/h1-20,28-29H,21-23H2. The second kappa shape index (κ2) is 9.91. The van der Waals surface area contributed by atoms with Crippen molar-refractivity contribution in [3.63, 3.8) is 0 Å². The van der Waals surface area contributed by atoms with E-state index in [1.807, 2.05) is 0 Å². The molecule has 154 valence electrons. The van der Waals surface area contributed by atoms with E-state index in [1.54, 1.807) is 0 Å². The Morgan fingerprint density at radius 2 is 0.645 bits per heavy atom. The smallest absolute Gasteiger partial charge is 0.0122 e. The predicted octanol–water partition coefficient (Wildman–Crippen LogP) is 6.17. The summed E-state index contributed by atoms with van der Waals surface area (Å²) in [6, 6.07) is 45.0. The van der Waals surface area contributed by atoms with Crippen molar-refractivity contribution in [1.29, 1.82) is 0 Å². The molecule has 2 heteroatoms. The Kier molecular flexibility index (Phi) is 6.60. The second-order valence-corrected chi connectivity index (χ2v) is 13.2. The lowest BCUT2D eigenvalue weighted by molar-refractivity contribution is 0.896. The van der Waals surface area contributed by atoms with E-state index in [9.17, 15) is 0 Å². The molecule has 1 aliphatic rings. The minimum atomic E-state index is -0.331. The van der Waals surface area contributed by atoms with Gasteiger partial charge >= 0.3 is 0 Å². The molecule has 0 nitrogen and oxygen atoms in total. The minimum Gasteiger partial charge on any atom is -0.0622 e. The van der Waals surface area contributed by atoms with Crippen LogP contribution in [-0.2, 0) is 0 Å². The molecule has 4 aromatic carbocycles. The SMILES string of the molecule is c1ccc(P(c2ccccc2)C2CCC(P(c3ccccc3)c3ccccc3)C2)cc1. The van der Waals surface area contributed by atoms with Crippen molar-refractivity contribution in [2.45, 2.75) is 30.6 Å². The maximum absolute atomic E-state index is 2.35. The first-order valence-electron chi connectivity index (χ1n) is 11.2. The zero-order chi connectivity index (χ0) is 20.9. The quantitative estimate of drug-likeness (QED) is 0.316. The highest BCUT2D eigenvalue weighted by molar-refractivity contribution is 7.74. The highest BCUT2D eigenvalue weighted by Gasteiger charge is 2.37. The summed E-state index contributed by atoms with van der Waals surface area (Å²) in [5.41, 5.74) is 1.50. The van der Waals surface area contributed by atoms with Crippen LogP contribution in [0, 0.1) is 0 Å². The van der Waals surface area contributed by atoms with Gasteiger partial charge in [0.05, 0.1) is 0 Å². The van der Waals surface area contributed by atoms with Gasteiger partial charge in [-0.05, 0) is 67.6 Å². The summed E-state index contributed by atoms with van der Waals surface area (Å²) >= 11 is 0. The van der Waals surface area contributed by atoms with Crippen LogP contribution in [0.25, 0.3) is 0 Å². The van der Waals surface area contributed by atoms with Gasteiger partial charge in [0.1, 0.15) is 0 Å². The van der Waals surface area contributed by atoms with Crippen LogP contribution in [0.3, 0.4) is 0 Å². The molecule has 0 bridgehead atoms. The van der Waals surface area contributed by atoms with E-state index in [-0.39, 0.29) is 15.8 Å². The fourth-order valence-electron chi connectivity index (χ4n) is 4.90. The molecule has 0 N–H and O–H groups in total. The predicted molar refractivity (Wildman–Crippen MR) is 140 cm³/mol. The summed E-state index contributed by atoms with van der Waals surface area (Å²) in [7, 11) is -0.662. The number of benzene rings is 4. The largest absolute Gasteiger partial charge is 0.0622 e. The molecule has 1 aliphatic carbocycles. The van der Waals surface area contributed by atoms with Crippen LogP contribution in [0.4, 0.5) is 0 Å². The van der Waals surface area contributed by atoms with Crippen LogP contribution < -0.4 is 21.2 Å². The van der Waals surface area contributed by atoms with Gasteiger partial charge in [0.2, 0.25) is 0 Å². The maximum Gasteiger partial charge on any atom is -0.0122 e. The van der Waals surface area contributed by atoms with Crippen LogP contribution in [0.2, 0.25) is 0 Å². The molecule has 0 radical (unpaired) electrons. The fraction of sp³-hybridized carbons (Fsp3) is 0.172. The first-order chi connectivity index (χ1) is 15.4. The Balaban J connectivity index is 1.48. The molecule has 5 rings (SSSR count). The zero-order valence-electron chi connectivity index (χ0n) is 17.7. The molecule has 31 heavy (non-hydrogen) atoms. The monoisotopic (exact) mass is 438 g/mol. The zero-order valence-corrected chi connectivity index (χ0v) is 19.5. The third-order valence-corrected chi connectivity index (χ3v) is 12.1.